The minimum absolute atomic E-state index is 0.0357. The van der Waals surface area contributed by atoms with Crippen molar-refractivity contribution in [3.05, 3.63) is 35.0 Å². The number of thiophene rings is 1. The lowest BCUT2D eigenvalue weighted by atomic mass is 10.2. The van der Waals surface area contributed by atoms with Crippen molar-refractivity contribution in [1.29, 1.82) is 0 Å². The summed E-state index contributed by atoms with van der Waals surface area (Å²) in [5, 5.41) is 20.6. The van der Waals surface area contributed by atoms with E-state index in [9.17, 15) is 9.18 Å². The molecule has 0 fully saturated rings. The van der Waals surface area contributed by atoms with E-state index in [1.54, 1.807) is 12.1 Å². The molecule has 1 amide bonds. The summed E-state index contributed by atoms with van der Waals surface area (Å²) in [5.41, 5.74) is 0. The Hall–Kier alpha value is -1.50. The number of hydrogen-bond donors (Lipinski definition) is 3. The number of rotatable bonds is 4. The quantitative estimate of drug-likeness (QED) is 0.779. The van der Waals surface area contributed by atoms with Crippen LogP contribution in [0.1, 0.15) is 9.67 Å². The van der Waals surface area contributed by atoms with E-state index in [0.717, 1.165) is 0 Å². The average Bonchev–Trinajstić information content (AvgIpc) is 2.81. The summed E-state index contributed by atoms with van der Waals surface area (Å²) >= 11 is 1.18. The van der Waals surface area contributed by atoms with Gasteiger partial charge in [-0.1, -0.05) is 6.07 Å². The number of amides is 1. The Bertz CT molecular complexity index is 569. The fraction of sp³-hybridized carbons (Fsp3) is 0.250. The lowest BCUT2D eigenvalue weighted by Crippen LogP contribution is -2.33. The maximum absolute atomic E-state index is 13.4. The Morgan fingerprint density at radius 3 is 2.94 bits per heavy atom. The molecule has 1 atom stereocenters. The molecule has 0 radical (unpaired) electrons. The van der Waals surface area contributed by atoms with Crippen LogP contribution in [0.4, 0.5) is 4.39 Å². The summed E-state index contributed by atoms with van der Waals surface area (Å²) in [6.45, 7) is -0.451. The van der Waals surface area contributed by atoms with E-state index < -0.39 is 12.7 Å². The molecule has 4 nitrogen and oxygen atoms in total. The molecule has 96 valence electrons. The predicted octanol–water partition coefficient (Wildman–Crippen LogP) is 1.12. The Labute approximate surface area is 107 Å². The van der Waals surface area contributed by atoms with E-state index in [2.05, 4.69) is 5.32 Å². The molecule has 0 saturated heterocycles. The summed E-state index contributed by atoms with van der Waals surface area (Å²) in [7, 11) is 0. The zero-order chi connectivity index (χ0) is 13.1. The number of carbonyl (C=O) groups excluding carboxylic acids is 1. The van der Waals surface area contributed by atoms with Crippen LogP contribution >= 0.6 is 11.3 Å². The van der Waals surface area contributed by atoms with Crippen molar-refractivity contribution in [2.75, 3.05) is 13.2 Å². The third-order valence-corrected chi connectivity index (χ3v) is 3.54. The number of halogens is 1. The van der Waals surface area contributed by atoms with Gasteiger partial charge in [-0.05, 0) is 18.2 Å². The minimum atomic E-state index is -0.986. The highest BCUT2D eigenvalue weighted by atomic mass is 32.1. The number of aliphatic hydroxyl groups excluding tert-OH is 2. The third kappa shape index (κ3) is 2.66. The molecule has 0 aliphatic heterocycles. The van der Waals surface area contributed by atoms with Gasteiger partial charge in [0.25, 0.3) is 5.91 Å². The Morgan fingerprint density at radius 2 is 2.28 bits per heavy atom. The number of aliphatic hydroxyl groups is 2. The summed E-state index contributed by atoms with van der Waals surface area (Å²) < 4.78 is 14.1. The molecular weight excluding hydrogens is 257 g/mol. The van der Waals surface area contributed by atoms with Crippen molar-refractivity contribution in [3.63, 3.8) is 0 Å². The van der Waals surface area contributed by atoms with E-state index >= 15 is 0 Å². The van der Waals surface area contributed by atoms with Gasteiger partial charge in [0.15, 0.2) is 0 Å². The minimum Gasteiger partial charge on any atom is -0.394 e. The lowest BCUT2D eigenvalue weighted by Gasteiger charge is -2.07. The molecule has 6 heteroatoms. The fourth-order valence-electron chi connectivity index (χ4n) is 1.50. The fourth-order valence-corrected chi connectivity index (χ4v) is 2.49. The smallest absolute Gasteiger partial charge is 0.261 e. The number of carbonyl (C=O) groups is 1. The Morgan fingerprint density at radius 1 is 1.50 bits per heavy atom. The normalized spacial score (nSPS) is 12.6. The number of benzene rings is 1. The monoisotopic (exact) mass is 269 g/mol. The molecule has 1 aromatic carbocycles. The zero-order valence-corrected chi connectivity index (χ0v) is 10.2. The molecule has 3 N–H and O–H groups in total. The first-order valence-corrected chi connectivity index (χ1v) is 6.18. The predicted molar refractivity (Wildman–Crippen MR) is 67.2 cm³/mol. The van der Waals surface area contributed by atoms with Crippen LogP contribution in [0.3, 0.4) is 0 Å². The van der Waals surface area contributed by atoms with E-state index in [1.807, 2.05) is 0 Å². The van der Waals surface area contributed by atoms with Crippen molar-refractivity contribution in [1.82, 2.24) is 5.32 Å². The Balaban J connectivity index is 2.16. The van der Waals surface area contributed by atoms with Gasteiger partial charge in [0.05, 0.1) is 17.6 Å². The van der Waals surface area contributed by atoms with Gasteiger partial charge in [-0.2, -0.15) is 0 Å². The first kappa shape index (κ1) is 12.9. The van der Waals surface area contributed by atoms with Crippen LogP contribution in [0.5, 0.6) is 0 Å². The topological polar surface area (TPSA) is 69.6 Å². The van der Waals surface area contributed by atoms with E-state index in [4.69, 9.17) is 10.2 Å². The maximum Gasteiger partial charge on any atom is 0.261 e. The number of hydrogen-bond acceptors (Lipinski definition) is 4. The van der Waals surface area contributed by atoms with Crippen LogP contribution in [-0.4, -0.2) is 35.4 Å². The summed E-state index contributed by atoms with van der Waals surface area (Å²) in [5.74, 6) is -0.749. The molecule has 2 rings (SSSR count). The molecule has 0 aliphatic rings. The third-order valence-electron chi connectivity index (χ3n) is 2.44. The maximum atomic E-state index is 13.4. The molecule has 18 heavy (non-hydrogen) atoms. The van der Waals surface area contributed by atoms with Crippen LogP contribution in [-0.2, 0) is 0 Å². The summed E-state index contributed by atoms with van der Waals surface area (Å²) in [4.78, 5) is 12.1. The first-order chi connectivity index (χ1) is 8.61. The van der Waals surface area contributed by atoms with Crippen molar-refractivity contribution in [2.24, 2.45) is 0 Å². The van der Waals surface area contributed by atoms with Gasteiger partial charge in [-0.25, -0.2) is 4.39 Å². The van der Waals surface area contributed by atoms with E-state index in [-0.39, 0.29) is 18.3 Å². The Kier molecular flexibility index (Phi) is 3.90. The van der Waals surface area contributed by atoms with Crippen molar-refractivity contribution < 1.29 is 19.4 Å². The van der Waals surface area contributed by atoms with Crippen LogP contribution in [0, 0.1) is 5.82 Å². The first-order valence-electron chi connectivity index (χ1n) is 5.37. The largest absolute Gasteiger partial charge is 0.394 e. The van der Waals surface area contributed by atoms with Crippen molar-refractivity contribution >= 4 is 27.3 Å². The van der Waals surface area contributed by atoms with Gasteiger partial charge in [-0.15, -0.1) is 11.3 Å². The van der Waals surface area contributed by atoms with Crippen molar-refractivity contribution in [3.8, 4) is 0 Å². The van der Waals surface area contributed by atoms with Gasteiger partial charge < -0.3 is 15.5 Å². The molecule has 0 spiro atoms. The molecule has 1 aromatic heterocycles. The molecule has 1 unspecified atom stereocenters. The van der Waals surface area contributed by atoms with Crippen LogP contribution in [0.15, 0.2) is 24.3 Å². The van der Waals surface area contributed by atoms with E-state index in [0.29, 0.717) is 15.0 Å². The number of fused-ring (bicyclic) bond motifs is 1. The highest BCUT2D eigenvalue weighted by Crippen LogP contribution is 2.27. The van der Waals surface area contributed by atoms with Crippen LogP contribution < -0.4 is 5.32 Å². The van der Waals surface area contributed by atoms with Gasteiger partial charge in [-0.3, -0.25) is 4.79 Å². The molecule has 1 heterocycles. The second kappa shape index (κ2) is 5.43. The second-order valence-corrected chi connectivity index (χ2v) is 4.89. The average molecular weight is 269 g/mol. The van der Waals surface area contributed by atoms with Crippen LogP contribution in [0.25, 0.3) is 10.1 Å². The van der Waals surface area contributed by atoms with Crippen molar-refractivity contribution in [2.45, 2.75) is 6.10 Å². The zero-order valence-electron chi connectivity index (χ0n) is 9.39. The van der Waals surface area contributed by atoms with Crippen LogP contribution in [0.2, 0.25) is 0 Å². The molecule has 0 saturated carbocycles. The molecular formula is C12H12FNO3S. The lowest BCUT2D eigenvalue weighted by molar-refractivity contribution is 0.0804. The summed E-state index contributed by atoms with van der Waals surface area (Å²) in [6, 6.07) is 6.15. The van der Waals surface area contributed by atoms with Gasteiger partial charge in [0.1, 0.15) is 5.82 Å². The SMILES string of the molecule is O=C(NCC(O)CO)c1cc2c(F)cccc2s1. The van der Waals surface area contributed by atoms with Gasteiger partial charge >= 0.3 is 0 Å². The highest BCUT2D eigenvalue weighted by Gasteiger charge is 2.13. The standard InChI is InChI=1S/C12H12FNO3S/c13-9-2-1-3-10-8(9)4-11(18-10)12(17)14-5-7(16)6-15/h1-4,7,15-16H,5-6H2,(H,14,17). The van der Waals surface area contributed by atoms with Gasteiger partial charge in [0, 0.05) is 16.6 Å². The molecule has 2 aromatic rings. The highest BCUT2D eigenvalue weighted by molar-refractivity contribution is 7.20. The van der Waals surface area contributed by atoms with E-state index in [1.165, 1.54) is 23.5 Å². The number of nitrogens with one attached hydrogen (secondary N) is 1. The molecule has 0 aliphatic carbocycles. The molecule has 0 bridgehead atoms. The summed E-state index contributed by atoms with van der Waals surface area (Å²) in [6.07, 6.45) is -0.986. The second-order valence-electron chi connectivity index (χ2n) is 3.81. The van der Waals surface area contributed by atoms with Gasteiger partial charge in [0.2, 0.25) is 0 Å².